The molecule has 2 fully saturated rings. The van der Waals surface area contributed by atoms with Crippen LogP contribution in [0.5, 0.6) is 5.75 Å². The Balaban J connectivity index is 1.31. The summed E-state index contributed by atoms with van der Waals surface area (Å²) in [7, 11) is 0. The molecule has 0 unspecified atom stereocenters. The smallest absolute Gasteiger partial charge is 0.317 e. The highest BCUT2D eigenvalue weighted by atomic mass is 16.5. The summed E-state index contributed by atoms with van der Waals surface area (Å²) >= 11 is 0. The van der Waals surface area contributed by atoms with Crippen LogP contribution < -0.4 is 20.3 Å². The lowest BCUT2D eigenvalue weighted by molar-refractivity contribution is 0.186. The van der Waals surface area contributed by atoms with Crippen molar-refractivity contribution in [2.75, 3.05) is 36.4 Å². The molecule has 4 rings (SSSR count). The second-order valence-corrected chi connectivity index (χ2v) is 7.09. The van der Waals surface area contributed by atoms with Gasteiger partial charge in [0.1, 0.15) is 0 Å². The van der Waals surface area contributed by atoms with Crippen LogP contribution in [-0.2, 0) is 0 Å². The number of amides is 2. The van der Waals surface area contributed by atoms with E-state index in [9.17, 15) is 4.79 Å². The number of fused-ring (bicyclic) bond motifs is 1. The molecule has 0 bridgehead atoms. The van der Waals surface area contributed by atoms with E-state index in [2.05, 4.69) is 28.2 Å². The molecular formula is C19H26N4O2. The fraction of sp³-hybridized carbons (Fsp3) is 0.526. The minimum absolute atomic E-state index is 0.101. The summed E-state index contributed by atoms with van der Waals surface area (Å²) in [4.78, 5) is 16.7. The fourth-order valence-electron chi connectivity index (χ4n) is 3.88. The molecule has 3 aliphatic rings. The summed E-state index contributed by atoms with van der Waals surface area (Å²) in [6, 6.07) is 6.62. The number of nitrogens with one attached hydrogen (secondary N) is 2. The van der Waals surface area contributed by atoms with Gasteiger partial charge in [-0.25, -0.2) is 4.79 Å². The van der Waals surface area contributed by atoms with E-state index in [0.29, 0.717) is 11.9 Å². The Hall–Kier alpha value is -2.37. The van der Waals surface area contributed by atoms with Crippen LogP contribution in [0.15, 0.2) is 30.7 Å². The number of urea groups is 1. The molecule has 1 aromatic carbocycles. The van der Waals surface area contributed by atoms with Gasteiger partial charge in [0.2, 0.25) is 0 Å². The molecule has 0 radical (unpaired) electrons. The Morgan fingerprint density at radius 2 is 1.92 bits per heavy atom. The zero-order valence-corrected chi connectivity index (χ0v) is 14.6. The SMILES string of the molecule is C=C1Nc2ccc(N3CCN(C(=O)NC4CCCCC4)CC3)cc2O1. The van der Waals surface area contributed by atoms with Crippen LogP contribution in [0.3, 0.4) is 0 Å². The quantitative estimate of drug-likeness (QED) is 0.867. The molecule has 0 atom stereocenters. The van der Waals surface area contributed by atoms with Gasteiger partial charge in [0.15, 0.2) is 11.6 Å². The van der Waals surface area contributed by atoms with Crippen LogP contribution in [-0.4, -0.2) is 43.2 Å². The molecular weight excluding hydrogens is 316 g/mol. The predicted molar refractivity (Wildman–Crippen MR) is 99.0 cm³/mol. The van der Waals surface area contributed by atoms with Gasteiger partial charge in [0, 0.05) is 44.0 Å². The third kappa shape index (κ3) is 3.52. The maximum absolute atomic E-state index is 12.5. The number of anilines is 2. The number of hydrogen-bond acceptors (Lipinski definition) is 4. The van der Waals surface area contributed by atoms with Gasteiger partial charge < -0.3 is 25.2 Å². The van der Waals surface area contributed by atoms with E-state index in [1.54, 1.807) is 0 Å². The second kappa shape index (κ2) is 6.86. The van der Waals surface area contributed by atoms with Crippen LogP contribution in [0, 0.1) is 0 Å². The average molecular weight is 342 g/mol. The molecule has 0 spiro atoms. The van der Waals surface area contributed by atoms with Gasteiger partial charge in [0.25, 0.3) is 0 Å². The zero-order valence-electron chi connectivity index (χ0n) is 14.6. The van der Waals surface area contributed by atoms with Crippen molar-refractivity contribution in [3.63, 3.8) is 0 Å². The summed E-state index contributed by atoms with van der Waals surface area (Å²) in [6.45, 7) is 6.97. The van der Waals surface area contributed by atoms with Gasteiger partial charge in [-0.2, -0.15) is 0 Å². The van der Waals surface area contributed by atoms with Gasteiger partial charge >= 0.3 is 6.03 Å². The van der Waals surface area contributed by atoms with Crippen LogP contribution in [0.4, 0.5) is 16.2 Å². The van der Waals surface area contributed by atoms with E-state index in [4.69, 9.17) is 4.74 Å². The van der Waals surface area contributed by atoms with Gasteiger partial charge in [-0.05, 0) is 31.6 Å². The lowest BCUT2D eigenvalue weighted by Crippen LogP contribution is -2.53. The monoisotopic (exact) mass is 342 g/mol. The molecule has 2 aliphatic heterocycles. The number of piperazine rings is 1. The number of hydrogen-bond donors (Lipinski definition) is 2. The molecule has 25 heavy (non-hydrogen) atoms. The Morgan fingerprint density at radius 3 is 2.68 bits per heavy atom. The molecule has 1 aromatic rings. The van der Waals surface area contributed by atoms with Crippen molar-refractivity contribution < 1.29 is 9.53 Å². The van der Waals surface area contributed by atoms with E-state index >= 15 is 0 Å². The van der Waals surface area contributed by atoms with Crippen molar-refractivity contribution in [1.82, 2.24) is 10.2 Å². The lowest BCUT2D eigenvalue weighted by atomic mass is 9.96. The van der Waals surface area contributed by atoms with Crippen LogP contribution in [0.2, 0.25) is 0 Å². The topological polar surface area (TPSA) is 56.8 Å². The van der Waals surface area contributed by atoms with E-state index in [-0.39, 0.29) is 6.03 Å². The summed E-state index contributed by atoms with van der Waals surface area (Å²) < 4.78 is 5.58. The highest BCUT2D eigenvalue weighted by molar-refractivity contribution is 5.75. The number of ether oxygens (including phenoxy) is 1. The Morgan fingerprint density at radius 1 is 1.16 bits per heavy atom. The molecule has 1 saturated heterocycles. The van der Waals surface area contributed by atoms with Crippen molar-refractivity contribution in [1.29, 1.82) is 0 Å². The van der Waals surface area contributed by atoms with Gasteiger partial charge in [0.05, 0.1) is 5.69 Å². The maximum atomic E-state index is 12.5. The number of benzene rings is 1. The number of carbonyl (C=O) groups is 1. The predicted octanol–water partition coefficient (Wildman–Crippen LogP) is 3.13. The van der Waals surface area contributed by atoms with Crippen LogP contribution in [0.25, 0.3) is 0 Å². The molecule has 1 aliphatic carbocycles. The normalized spacial score (nSPS) is 20.7. The maximum Gasteiger partial charge on any atom is 0.317 e. The first-order valence-corrected chi connectivity index (χ1v) is 9.27. The van der Waals surface area contributed by atoms with Crippen molar-refractivity contribution in [2.24, 2.45) is 0 Å². The minimum Gasteiger partial charge on any atom is -0.439 e. The second-order valence-electron chi connectivity index (χ2n) is 7.09. The third-order valence-corrected chi connectivity index (χ3v) is 5.34. The average Bonchev–Trinajstić information content (AvgIpc) is 3.02. The van der Waals surface area contributed by atoms with Crippen molar-refractivity contribution in [2.45, 2.75) is 38.1 Å². The fourth-order valence-corrected chi connectivity index (χ4v) is 3.88. The first-order valence-electron chi connectivity index (χ1n) is 9.27. The van der Waals surface area contributed by atoms with E-state index in [1.807, 2.05) is 17.0 Å². The van der Waals surface area contributed by atoms with Crippen LogP contribution in [0.1, 0.15) is 32.1 Å². The Kier molecular flexibility index (Phi) is 4.42. The zero-order chi connectivity index (χ0) is 17.2. The largest absolute Gasteiger partial charge is 0.439 e. The highest BCUT2D eigenvalue weighted by Gasteiger charge is 2.25. The minimum atomic E-state index is 0.101. The summed E-state index contributed by atoms with van der Waals surface area (Å²) in [5, 5.41) is 6.30. The summed E-state index contributed by atoms with van der Waals surface area (Å²) in [5.74, 6) is 1.39. The van der Waals surface area contributed by atoms with Gasteiger partial charge in [-0.1, -0.05) is 19.3 Å². The van der Waals surface area contributed by atoms with Crippen molar-refractivity contribution in [3.05, 3.63) is 30.7 Å². The molecule has 2 amide bonds. The summed E-state index contributed by atoms with van der Waals surface area (Å²) in [6.07, 6.45) is 6.03. The van der Waals surface area contributed by atoms with E-state index < -0.39 is 0 Å². The van der Waals surface area contributed by atoms with Crippen molar-refractivity contribution >= 4 is 17.4 Å². The van der Waals surface area contributed by atoms with Gasteiger partial charge in [-0.15, -0.1) is 0 Å². The van der Waals surface area contributed by atoms with Crippen LogP contribution >= 0.6 is 0 Å². The molecule has 6 heteroatoms. The van der Waals surface area contributed by atoms with E-state index in [1.165, 1.54) is 19.3 Å². The third-order valence-electron chi connectivity index (χ3n) is 5.34. The van der Waals surface area contributed by atoms with Gasteiger partial charge in [-0.3, -0.25) is 0 Å². The van der Waals surface area contributed by atoms with Crippen molar-refractivity contribution in [3.8, 4) is 5.75 Å². The molecule has 0 aromatic heterocycles. The Bertz CT molecular complexity index is 661. The standard InChI is InChI=1S/C19H26N4O2/c1-14-20-17-8-7-16(13-18(17)25-14)22-9-11-23(12-10-22)19(24)21-15-5-3-2-4-6-15/h7-8,13,15,20H,1-6,9-12H2,(H,21,24). The molecule has 134 valence electrons. The molecule has 2 N–H and O–H groups in total. The molecule has 1 saturated carbocycles. The lowest BCUT2D eigenvalue weighted by Gasteiger charge is -2.37. The van der Waals surface area contributed by atoms with E-state index in [0.717, 1.165) is 56.1 Å². The Labute approximate surface area is 148 Å². The molecule has 2 heterocycles. The first kappa shape index (κ1) is 16.1. The number of rotatable bonds is 2. The summed E-state index contributed by atoms with van der Waals surface area (Å²) in [5.41, 5.74) is 2.09. The number of carbonyl (C=O) groups excluding carboxylic acids is 1. The highest BCUT2D eigenvalue weighted by Crippen LogP contribution is 2.36. The molecule has 6 nitrogen and oxygen atoms in total. The number of nitrogens with zero attached hydrogens (tertiary/aromatic N) is 2. The first-order chi connectivity index (χ1) is 12.2.